The molecule has 33 heavy (non-hydrogen) atoms. The summed E-state index contributed by atoms with van der Waals surface area (Å²) in [6.07, 6.45) is -1.40. The summed E-state index contributed by atoms with van der Waals surface area (Å²) in [5.41, 5.74) is -0.491. The van der Waals surface area contributed by atoms with Crippen LogP contribution in [0.2, 0.25) is 0 Å². The van der Waals surface area contributed by atoms with Crippen LogP contribution in [-0.2, 0) is 26.2 Å². The number of phenolic OH excluding ortho intramolecular Hbond substituents is 1. The molecule has 0 radical (unpaired) electrons. The van der Waals surface area contributed by atoms with Crippen molar-refractivity contribution >= 4 is 17.0 Å². The second-order valence-corrected chi connectivity index (χ2v) is 7.61. The summed E-state index contributed by atoms with van der Waals surface area (Å²) in [5.74, 6) is -4.99. The highest BCUT2D eigenvalue weighted by Gasteiger charge is 2.38. The fourth-order valence-corrected chi connectivity index (χ4v) is 3.92. The van der Waals surface area contributed by atoms with Crippen molar-refractivity contribution in [2.45, 2.75) is 19.1 Å². The quantitative estimate of drug-likeness (QED) is 0.454. The number of anilines is 1. The van der Waals surface area contributed by atoms with E-state index in [1.54, 1.807) is 6.20 Å². The molecule has 0 unspecified atom stereocenters. The van der Waals surface area contributed by atoms with Gasteiger partial charge in [0, 0.05) is 50.2 Å². The van der Waals surface area contributed by atoms with Crippen molar-refractivity contribution in [3.63, 3.8) is 0 Å². The van der Waals surface area contributed by atoms with E-state index in [0.29, 0.717) is 25.5 Å². The Labute approximate surface area is 183 Å². The molecule has 5 rings (SSSR count). The Morgan fingerprint density at radius 3 is 2.67 bits per heavy atom. The highest BCUT2D eigenvalue weighted by molar-refractivity contribution is 5.91. The number of benzene rings is 1. The maximum Gasteiger partial charge on any atom is 0.419 e. The van der Waals surface area contributed by atoms with Gasteiger partial charge >= 0.3 is 6.18 Å². The average molecular weight is 462 g/mol. The van der Waals surface area contributed by atoms with E-state index in [4.69, 9.17) is 0 Å². The van der Waals surface area contributed by atoms with Gasteiger partial charge in [-0.1, -0.05) is 6.07 Å². The molecule has 170 valence electrons. The smallest absolute Gasteiger partial charge is 0.419 e. The average Bonchev–Trinajstić information content (AvgIpc) is 3.12. The van der Waals surface area contributed by atoms with Gasteiger partial charge in [0.05, 0.1) is 10.9 Å². The number of pyridine rings is 1. The molecule has 1 aliphatic heterocycles. The fourth-order valence-electron chi connectivity index (χ4n) is 3.92. The monoisotopic (exact) mass is 462 g/mol. The zero-order valence-corrected chi connectivity index (χ0v) is 17.0. The summed E-state index contributed by atoms with van der Waals surface area (Å²) >= 11 is 0. The van der Waals surface area contributed by atoms with Gasteiger partial charge in [0.25, 0.3) is 0 Å². The van der Waals surface area contributed by atoms with Crippen molar-refractivity contribution < 1.29 is 27.1 Å². The SMILES string of the molecule is Cn1nc(-c2cc(C(F)(F)F)c(F)c(O)c2F)c2cnc(N3CCc4ncccc4C3)nc21. The molecule has 0 aliphatic carbocycles. The van der Waals surface area contributed by atoms with Gasteiger partial charge in [0.2, 0.25) is 5.95 Å². The van der Waals surface area contributed by atoms with Gasteiger partial charge in [-0.2, -0.15) is 23.3 Å². The first-order valence-corrected chi connectivity index (χ1v) is 9.81. The van der Waals surface area contributed by atoms with Crippen LogP contribution in [0, 0.1) is 11.6 Å². The van der Waals surface area contributed by atoms with Crippen LogP contribution in [0.3, 0.4) is 0 Å². The summed E-state index contributed by atoms with van der Waals surface area (Å²) in [4.78, 5) is 15.0. The topological polar surface area (TPSA) is 80.0 Å². The molecule has 0 spiro atoms. The largest absolute Gasteiger partial charge is 0.503 e. The predicted octanol–water partition coefficient (Wildman–Crippen LogP) is 3.99. The van der Waals surface area contributed by atoms with E-state index >= 15 is 0 Å². The first-order valence-electron chi connectivity index (χ1n) is 9.81. The van der Waals surface area contributed by atoms with Crippen molar-refractivity contribution in [3.8, 4) is 17.0 Å². The third kappa shape index (κ3) is 3.41. The molecular formula is C21H15F5N6O. The molecule has 4 aromatic rings. The van der Waals surface area contributed by atoms with Crippen LogP contribution in [-0.4, -0.2) is 36.4 Å². The van der Waals surface area contributed by atoms with E-state index in [1.807, 2.05) is 17.0 Å². The molecule has 0 fully saturated rings. The number of hydrogen-bond donors (Lipinski definition) is 1. The second-order valence-electron chi connectivity index (χ2n) is 7.61. The van der Waals surface area contributed by atoms with Crippen LogP contribution in [0.4, 0.5) is 27.9 Å². The van der Waals surface area contributed by atoms with Crippen molar-refractivity contribution in [1.29, 1.82) is 0 Å². The van der Waals surface area contributed by atoms with Gasteiger partial charge in [0.15, 0.2) is 23.0 Å². The summed E-state index contributed by atoms with van der Waals surface area (Å²) in [7, 11) is 1.49. The molecule has 0 amide bonds. The lowest BCUT2D eigenvalue weighted by Crippen LogP contribution is -2.32. The fraction of sp³-hybridized carbons (Fsp3) is 0.238. The number of aromatic hydroxyl groups is 1. The van der Waals surface area contributed by atoms with Crippen LogP contribution in [0.15, 0.2) is 30.6 Å². The van der Waals surface area contributed by atoms with Gasteiger partial charge in [-0.3, -0.25) is 4.98 Å². The Balaban J connectivity index is 1.60. The van der Waals surface area contributed by atoms with Crippen LogP contribution >= 0.6 is 0 Å². The highest BCUT2D eigenvalue weighted by atomic mass is 19.4. The highest BCUT2D eigenvalue weighted by Crippen LogP contribution is 2.41. The predicted molar refractivity (Wildman–Crippen MR) is 107 cm³/mol. The molecule has 0 bridgehead atoms. The molecule has 0 saturated carbocycles. The molecule has 4 heterocycles. The zero-order valence-electron chi connectivity index (χ0n) is 17.0. The molecule has 7 nitrogen and oxygen atoms in total. The maximum atomic E-state index is 14.6. The van der Waals surface area contributed by atoms with Gasteiger partial charge in [0.1, 0.15) is 5.69 Å². The van der Waals surface area contributed by atoms with E-state index in [2.05, 4.69) is 20.1 Å². The minimum Gasteiger partial charge on any atom is -0.503 e. The van der Waals surface area contributed by atoms with Crippen molar-refractivity contribution in [1.82, 2.24) is 24.7 Å². The summed E-state index contributed by atoms with van der Waals surface area (Å²) in [6.45, 7) is 1.13. The van der Waals surface area contributed by atoms with Gasteiger partial charge in [-0.15, -0.1) is 0 Å². The Bertz CT molecular complexity index is 1400. The number of rotatable bonds is 2. The number of halogens is 5. The lowest BCUT2D eigenvalue weighted by Gasteiger charge is -2.28. The second kappa shape index (κ2) is 7.36. The molecule has 1 aromatic carbocycles. The van der Waals surface area contributed by atoms with Crippen molar-refractivity contribution in [3.05, 3.63) is 59.0 Å². The summed E-state index contributed by atoms with van der Waals surface area (Å²) in [6, 6.07) is 4.08. The number of fused-ring (bicyclic) bond motifs is 2. The Morgan fingerprint density at radius 2 is 1.91 bits per heavy atom. The first kappa shape index (κ1) is 21.0. The number of nitrogens with zero attached hydrogens (tertiary/aromatic N) is 6. The Kier molecular flexibility index (Phi) is 4.69. The third-order valence-electron chi connectivity index (χ3n) is 5.55. The summed E-state index contributed by atoms with van der Waals surface area (Å²) in [5, 5.41) is 13.9. The lowest BCUT2D eigenvalue weighted by molar-refractivity contribution is -0.140. The first-order chi connectivity index (χ1) is 15.6. The standard InChI is InChI=1S/C21H15F5N6O/c1-31-19-12(8-28-20(29-19)32-6-4-14-10(9-32)3-2-5-27-14)17(30-31)11-7-13(21(24,25)26)16(23)18(33)15(11)22/h2-3,5,7-8,33H,4,6,9H2,1H3. The maximum absolute atomic E-state index is 14.6. The number of phenols is 1. The van der Waals surface area contributed by atoms with E-state index < -0.39 is 34.7 Å². The Hall–Kier alpha value is -3.83. The number of hydrogen-bond acceptors (Lipinski definition) is 6. The van der Waals surface area contributed by atoms with E-state index in [-0.39, 0.29) is 22.8 Å². The van der Waals surface area contributed by atoms with E-state index in [0.717, 1.165) is 11.3 Å². The van der Waals surface area contributed by atoms with E-state index in [1.165, 1.54) is 17.9 Å². The van der Waals surface area contributed by atoms with Gasteiger partial charge in [-0.25, -0.2) is 18.4 Å². The number of aryl methyl sites for hydroxylation is 1. The molecule has 1 aliphatic rings. The van der Waals surface area contributed by atoms with Gasteiger partial charge in [-0.05, 0) is 17.7 Å². The summed E-state index contributed by atoms with van der Waals surface area (Å²) < 4.78 is 69.4. The molecular weight excluding hydrogens is 447 g/mol. The molecule has 0 saturated heterocycles. The minimum absolute atomic E-state index is 0.151. The molecule has 1 N–H and O–H groups in total. The van der Waals surface area contributed by atoms with Gasteiger partial charge < -0.3 is 10.0 Å². The molecule has 3 aromatic heterocycles. The van der Waals surface area contributed by atoms with Crippen LogP contribution < -0.4 is 4.90 Å². The zero-order chi connectivity index (χ0) is 23.5. The lowest BCUT2D eigenvalue weighted by atomic mass is 10.0. The normalized spacial score (nSPS) is 14.1. The number of aromatic nitrogens is 5. The molecule has 12 heteroatoms. The molecule has 0 atom stereocenters. The minimum atomic E-state index is -5.14. The van der Waals surface area contributed by atoms with E-state index in [9.17, 15) is 27.1 Å². The van der Waals surface area contributed by atoms with Crippen molar-refractivity contribution in [2.75, 3.05) is 11.4 Å². The third-order valence-corrected chi connectivity index (χ3v) is 5.55. The van der Waals surface area contributed by atoms with Crippen molar-refractivity contribution in [2.24, 2.45) is 7.05 Å². The van der Waals surface area contributed by atoms with Crippen LogP contribution in [0.5, 0.6) is 5.75 Å². The number of alkyl halides is 3. The van der Waals surface area contributed by atoms with Crippen LogP contribution in [0.25, 0.3) is 22.3 Å². The Morgan fingerprint density at radius 1 is 1.12 bits per heavy atom. The van der Waals surface area contributed by atoms with Crippen LogP contribution in [0.1, 0.15) is 16.8 Å².